The summed E-state index contributed by atoms with van der Waals surface area (Å²) in [6.45, 7) is 6.36. The SMILES string of the molecule is COc1ccc([C@H]2C3=C(CC(C)(C)CC3=O)N=C(C)C2C(=O)OCCOc2ccccc2)cc1. The van der Waals surface area contributed by atoms with E-state index < -0.39 is 17.8 Å². The van der Waals surface area contributed by atoms with Gasteiger partial charge >= 0.3 is 5.97 Å². The van der Waals surface area contributed by atoms with Gasteiger partial charge in [-0.15, -0.1) is 0 Å². The van der Waals surface area contributed by atoms with E-state index in [0.29, 0.717) is 29.9 Å². The van der Waals surface area contributed by atoms with Crippen molar-refractivity contribution in [2.24, 2.45) is 16.3 Å². The third-order valence-electron chi connectivity index (χ3n) is 6.37. The van der Waals surface area contributed by atoms with Crippen LogP contribution in [0.25, 0.3) is 0 Å². The molecule has 2 aliphatic rings. The summed E-state index contributed by atoms with van der Waals surface area (Å²) in [7, 11) is 1.61. The summed E-state index contributed by atoms with van der Waals surface area (Å²) in [4.78, 5) is 31.4. The normalized spacial score (nSPS) is 21.4. The predicted molar refractivity (Wildman–Crippen MR) is 130 cm³/mol. The Balaban J connectivity index is 1.59. The molecular weight excluding hydrogens is 430 g/mol. The van der Waals surface area contributed by atoms with Crippen LogP contribution in [0.2, 0.25) is 0 Å². The van der Waals surface area contributed by atoms with E-state index in [2.05, 4.69) is 13.8 Å². The molecule has 0 bridgehead atoms. The molecule has 0 N–H and O–H groups in total. The Morgan fingerprint density at radius 2 is 1.71 bits per heavy atom. The van der Waals surface area contributed by atoms with Crippen molar-refractivity contribution in [3.63, 3.8) is 0 Å². The molecule has 6 heteroatoms. The number of hydrogen-bond donors (Lipinski definition) is 0. The molecule has 178 valence electrons. The minimum atomic E-state index is -0.672. The van der Waals surface area contributed by atoms with Crippen LogP contribution in [0.5, 0.6) is 11.5 Å². The fourth-order valence-corrected chi connectivity index (χ4v) is 4.83. The van der Waals surface area contributed by atoms with Crippen LogP contribution in [0.4, 0.5) is 0 Å². The second kappa shape index (κ2) is 9.84. The lowest BCUT2D eigenvalue weighted by Gasteiger charge is -2.39. The summed E-state index contributed by atoms with van der Waals surface area (Å²) < 4.78 is 16.6. The summed E-state index contributed by atoms with van der Waals surface area (Å²) in [5, 5.41) is 0. The van der Waals surface area contributed by atoms with Gasteiger partial charge in [0.05, 0.1) is 7.11 Å². The zero-order chi connectivity index (χ0) is 24.3. The molecule has 2 aromatic rings. The third kappa shape index (κ3) is 5.06. The van der Waals surface area contributed by atoms with Gasteiger partial charge in [-0.3, -0.25) is 14.6 Å². The number of Topliss-reactive ketones (excluding diaryl/α,β-unsaturated/α-hetero) is 1. The number of allylic oxidation sites excluding steroid dienone is 2. The zero-order valence-electron chi connectivity index (χ0n) is 20.2. The first kappa shape index (κ1) is 23.7. The lowest BCUT2D eigenvalue weighted by molar-refractivity contribution is -0.147. The van der Waals surface area contributed by atoms with E-state index in [1.807, 2.05) is 61.5 Å². The molecule has 1 aliphatic carbocycles. The smallest absolute Gasteiger partial charge is 0.315 e. The number of rotatable bonds is 7. The Hall–Kier alpha value is -3.41. The highest BCUT2D eigenvalue weighted by Gasteiger charge is 2.46. The van der Waals surface area contributed by atoms with Crippen LogP contribution in [0.15, 0.2) is 70.9 Å². The molecule has 0 amide bonds. The van der Waals surface area contributed by atoms with Crippen LogP contribution in [-0.4, -0.2) is 37.8 Å². The third-order valence-corrected chi connectivity index (χ3v) is 6.37. The number of ether oxygens (including phenoxy) is 3. The molecule has 34 heavy (non-hydrogen) atoms. The number of carbonyl (C=O) groups excluding carboxylic acids is 2. The summed E-state index contributed by atoms with van der Waals surface area (Å²) in [5.74, 6) is -0.0299. The maximum Gasteiger partial charge on any atom is 0.315 e. The second-order valence-corrected chi connectivity index (χ2v) is 9.61. The molecule has 6 nitrogen and oxygen atoms in total. The fraction of sp³-hybridized carbons (Fsp3) is 0.393. The standard InChI is InChI=1S/C28H31NO5/c1-18-24(27(31)34-15-14-33-21-8-6-5-7-9-21)25(19-10-12-20(32-4)13-11-19)26-22(29-18)16-28(2,3)17-23(26)30/h5-13,24-25H,14-17H2,1-4H3/t24?,25-/m1/s1. The highest BCUT2D eigenvalue weighted by atomic mass is 16.6. The average Bonchev–Trinajstić information content (AvgIpc) is 2.80. The molecule has 0 aromatic heterocycles. The molecule has 0 radical (unpaired) electrons. The largest absolute Gasteiger partial charge is 0.497 e. The van der Waals surface area contributed by atoms with Gasteiger partial charge in [-0.2, -0.15) is 0 Å². The van der Waals surface area contributed by atoms with Gasteiger partial charge in [-0.1, -0.05) is 44.2 Å². The molecular formula is C28H31NO5. The predicted octanol–water partition coefficient (Wildman–Crippen LogP) is 5.13. The summed E-state index contributed by atoms with van der Waals surface area (Å²) in [6, 6.07) is 16.9. The quantitative estimate of drug-likeness (QED) is 0.422. The minimum Gasteiger partial charge on any atom is -0.497 e. The Labute approximate surface area is 200 Å². The Morgan fingerprint density at radius 3 is 2.38 bits per heavy atom. The first-order valence-electron chi connectivity index (χ1n) is 11.6. The molecule has 0 fully saturated rings. The minimum absolute atomic E-state index is 0.0496. The average molecular weight is 462 g/mol. The van der Waals surface area contributed by atoms with Crippen LogP contribution < -0.4 is 9.47 Å². The monoisotopic (exact) mass is 461 g/mol. The molecule has 1 heterocycles. The van der Waals surface area contributed by atoms with E-state index in [1.165, 1.54) is 0 Å². The van der Waals surface area contributed by atoms with Gasteiger partial charge in [-0.05, 0) is 48.6 Å². The summed E-state index contributed by atoms with van der Waals surface area (Å²) >= 11 is 0. The van der Waals surface area contributed by atoms with Gasteiger partial charge in [0, 0.05) is 29.3 Å². The number of ketones is 1. The van der Waals surface area contributed by atoms with E-state index in [9.17, 15) is 9.59 Å². The number of nitrogens with zero attached hydrogens (tertiary/aromatic N) is 1. The van der Waals surface area contributed by atoms with Gasteiger partial charge in [0.25, 0.3) is 0 Å². The van der Waals surface area contributed by atoms with Crippen molar-refractivity contribution in [1.29, 1.82) is 0 Å². The highest BCUT2D eigenvalue weighted by Crippen LogP contribution is 2.48. The van der Waals surface area contributed by atoms with Gasteiger partial charge in [0.1, 0.15) is 30.6 Å². The number of esters is 1. The Kier molecular flexibility index (Phi) is 6.87. The van der Waals surface area contributed by atoms with Crippen molar-refractivity contribution < 1.29 is 23.8 Å². The number of benzene rings is 2. The molecule has 1 unspecified atom stereocenters. The van der Waals surface area contributed by atoms with Crippen molar-refractivity contribution in [3.8, 4) is 11.5 Å². The number of methoxy groups -OCH3 is 1. The van der Waals surface area contributed by atoms with Crippen molar-refractivity contribution in [2.45, 2.75) is 39.5 Å². The molecule has 0 spiro atoms. The van der Waals surface area contributed by atoms with E-state index in [-0.39, 0.29) is 24.4 Å². The van der Waals surface area contributed by atoms with Crippen molar-refractivity contribution >= 4 is 17.5 Å². The Morgan fingerprint density at radius 1 is 1.00 bits per heavy atom. The second-order valence-electron chi connectivity index (χ2n) is 9.61. The molecule has 2 atom stereocenters. The topological polar surface area (TPSA) is 74.2 Å². The van der Waals surface area contributed by atoms with E-state index in [1.54, 1.807) is 7.11 Å². The van der Waals surface area contributed by atoms with Gasteiger partial charge in [0.2, 0.25) is 0 Å². The fourth-order valence-electron chi connectivity index (χ4n) is 4.83. The molecule has 0 saturated heterocycles. The maximum absolute atomic E-state index is 13.3. The highest BCUT2D eigenvalue weighted by molar-refractivity contribution is 6.09. The maximum atomic E-state index is 13.3. The molecule has 4 rings (SSSR count). The lowest BCUT2D eigenvalue weighted by atomic mass is 9.67. The summed E-state index contributed by atoms with van der Waals surface area (Å²) in [5.41, 5.74) is 2.80. The first-order chi connectivity index (χ1) is 16.3. The lowest BCUT2D eigenvalue weighted by Crippen LogP contribution is -2.39. The number of carbonyl (C=O) groups is 2. The zero-order valence-corrected chi connectivity index (χ0v) is 20.2. The van der Waals surface area contributed by atoms with Gasteiger partial charge < -0.3 is 14.2 Å². The number of hydrogen-bond acceptors (Lipinski definition) is 6. The van der Waals surface area contributed by atoms with E-state index in [4.69, 9.17) is 19.2 Å². The number of para-hydroxylation sites is 1. The van der Waals surface area contributed by atoms with E-state index in [0.717, 1.165) is 17.0 Å². The Bertz CT molecular complexity index is 1120. The summed E-state index contributed by atoms with van der Waals surface area (Å²) in [6.07, 6.45) is 1.13. The van der Waals surface area contributed by atoms with Crippen molar-refractivity contribution in [1.82, 2.24) is 0 Å². The van der Waals surface area contributed by atoms with Crippen LogP contribution in [-0.2, 0) is 14.3 Å². The number of aliphatic imine (C=N–C) groups is 1. The molecule has 2 aromatic carbocycles. The van der Waals surface area contributed by atoms with Crippen LogP contribution >= 0.6 is 0 Å². The molecule has 1 aliphatic heterocycles. The molecule has 0 saturated carbocycles. The van der Waals surface area contributed by atoms with Crippen LogP contribution in [0, 0.1) is 11.3 Å². The first-order valence-corrected chi connectivity index (χ1v) is 11.6. The van der Waals surface area contributed by atoms with E-state index >= 15 is 0 Å². The van der Waals surface area contributed by atoms with Crippen LogP contribution in [0.3, 0.4) is 0 Å². The van der Waals surface area contributed by atoms with Crippen molar-refractivity contribution in [2.75, 3.05) is 20.3 Å². The van der Waals surface area contributed by atoms with Crippen LogP contribution in [0.1, 0.15) is 45.1 Å². The van der Waals surface area contributed by atoms with Gasteiger partial charge in [0.15, 0.2) is 5.78 Å². The van der Waals surface area contributed by atoms with Crippen molar-refractivity contribution in [3.05, 3.63) is 71.4 Å². The van der Waals surface area contributed by atoms with Gasteiger partial charge in [-0.25, -0.2) is 0 Å².